The van der Waals surface area contributed by atoms with Gasteiger partial charge in [0.15, 0.2) is 0 Å². The first-order valence-electron chi connectivity index (χ1n) is 6.39. The summed E-state index contributed by atoms with van der Waals surface area (Å²) in [6.07, 6.45) is 2.86. The number of amides is 1. The molecule has 106 valence electrons. The number of carbonyl (C=O) groups is 1. The van der Waals surface area contributed by atoms with Crippen molar-refractivity contribution in [2.24, 2.45) is 17.6 Å². The zero-order chi connectivity index (χ0) is 13.1. The van der Waals surface area contributed by atoms with Crippen molar-refractivity contribution in [3.05, 3.63) is 29.6 Å². The van der Waals surface area contributed by atoms with Crippen molar-refractivity contribution in [2.45, 2.75) is 26.2 Å². The van der Waals surface area contributed by atoms with Crippen molar-refractivity contribution in [2.75, 3.05) is 11.9 Å². The van der Waals surface area contributed by atoms with Crippen LogP contribution in [0.3, 0.4) is 0 Å². The van der Waals surface area contributed by atoms with Crippen LogP contribution in [0.4, 0.5) is 10.1 Å². The molecule has 0 spiro atoms. The lowest BCUT2D eigenvalue weighted by Crippen LogP contribution is -2.30. The second-order valence-corrected chi connectivity index (χ2v) is 5.01. The molecule has 2 rings (SSSR count). The lowest BCUT2D eigenvalue weighted by Gasteiger charge is -2.17. The van der Waals surface area contributed by atoms with E-state index in [1.54, 1.807) is 12.1 Å². The molecule has 0 heterocycles. The molecule has 1 aromatic carbocycles. The smallest absolute Gasteiger partial charge is 0.227 e. The van der Waals surface area contributed by atoms with Gasteiger partial charge in [-0.3, -0.25) is 4.79 Å². The van der Waals surface area contributed by atoms with Crippen LogP contribution < -0.4 is 11.1 Å². The van der Waals surface area contributed by atoms with E-state index >= 15 is 0 Å². The fraction of sp³-hybridized carbons (Fsp3) is 0.500. The molecule has 3 nitrogen and oxygen atoms in total. The molecule has 2 atom stereocenters. The topological polar surface area (TPSA) is 55.1 Å². The largest absolute Gasteiger partial charge is 0.330 e. The van der Waals surface area contributed by atoms with Gasteiger partial charge in [-0.25, -0.2) is 4.39 Å². The van der Waals surface area contributed by atoms with E-state index in [2.05, 4.69) is 5.32 Å². The Labute approximate surface area is 119 Å². The molecule has 1 aliphatic rings. The van der Waals surface area contributed by atoms with E-state index in [1.165, 1.54) is 6.07 Å². The van der Waals surface area contributed by atoms with Gasteiger partial charge in [0, 0.05) is 5.92 Å². The summed E-state index contributed by atoms with van der Waals surface area (Å²) in [7, 11) is 0. The van der Waals surface area contributed by atoms with Crippen molar-refractivity contribution in [3.8, 4) is 0 Å². The molecule has 1 aliphatic carbocycles. The number of hydrogen-bond donors (Lipinski definition) is 2. The molecular weight excluding hydrogens is 267 g/mol. The highest BCUT2D eigenvalue weighted by molar-refractivity contribution is 5.93. The number of aryl methyl sites for hydroxylation is 1. The summed E-state index contributed by atoms with van der Waals surface area (Å²) in [5, 5.41) is 2.67. The molecule has 0 aliphatic heterocycles. The fourth-order valence-corrected chi connectivity index (χ4v) is 2.61. The van der Waals surface area contributed by atoms with Gasteiger partial charge in [-0.15, -0.1) is 12.4 Å². The van der Waals surface area contributed by atoms with Crippen LogP contribution in [0.25, 0.3) is 0 Å². The summed E-state index contributed by atoms with van der Waals surface area (Å²) in [6.45, 7) is 2.34. The SMILES string of the molecule is Cc1ccc(NC(=O)[C@@H]2CCC[C@@H]2CN)c(F)c1.Cl. The maximum atomic E-state index is 13.6. The second kappa shape index (κ2) is 6.87. The molecule has 0 unspecified atom stereocenters. The van der Waals surface area contributed by atoms with Crippen molar-refractivity contribution in [3.63, 3.8) is 0 Å². The van der Waals surface area contributed by atoms with E-state index in [0.29, 0.717) is 6.54 Å². The monoisotopic (exact) mass is 286 g/mol. The zero-order valence-corrected chi connectivity index (χ0v) is 11.8. The molecule has 5 heteroatoms. The van der Waals surface area contributed by atoms with Crippen molar-refractivity contribution < 1.29 is 9.18 Å². The number of benzene rings is 1. The molecule has 0 radical (unpaired) electrons. The minimum Gasteiger partial charge on any atom is -0.330 e. The third-order valence-corrected chi connectivity index (χ3v) is 3.68. The Morgan fingerprint density at radius 1 is 1.47 bits per heavy atom. The van der Waals surface area contributed by atoms with E-state index in [1.807, 2.05) is 6.92 Å². The predicted molar refractivity (Wildman–Crippen MR) is 76.9 cm³/mol. The van der Waals surface area contributed by atoms with Crippen LogP contribution in [0.1, 0.15) is 24.8 Å². The van der Waals surface area contributed by atoms with E-state index in [9.17, 15) is 9.18 Å². The molecule has 1 amide bonds. The van der Waals surface area contributed by atoms with Crippen LogP contribution >= 0.6 is 12.4 Å². The number of carbonyl (C=O) groups excluding carboxylic acids is 1. The Morgan fingerprint density at radius 2 is 2.21 bits per heavy atom. The van der Waals surface area contributed by atoms with Crippen LogP contribution in [0, 0.1) is 24.6 Å². The number of halogens is 2. The Bertz CT molecular complexity index is 453. The summed E-state index contributed by atoms with van der Waals surface area (Å²) in [6, 6.07) is 4.81. The Morgan fingerprint density at radius 3 is 2.84 bits per heavy atom. The van der Waals surface area contributed by atoms with Gasteiger partial charge in [-0.05, 0) is 49.9 Å². The Balaban J connectivity index is 0.00000180. The zero-order valence-electron chi connectivity index (χ0n) is 11.0. The average Bonchev–Trinajstić information content (AvgIpc) is 2.81. The number of hydrogen-bond acceptors (Lipinski definition) is 2. The summed E-state index contributed by atoms with van der Waals surface area (Å²) in [4.78, 5) is 12.1. The predicted octanol–water partition coefficient (Wildman–Crippen LogP) is 2.87. The first-order valence-corrected chi connectivity index (χ1v) is 6.39. The molecule has 19 heavy (non-hydrogen) atoms. The van der Waals surface area contributed by atoms with Crippen LogP contribution in [0.15, 0.2) is 18.2 Å². The van der Waals surface area contributed by atoms with E-state index in [4.69, 9.17) is 5.73 Å². The molecule has 0 saturated heterocycles. The van der Waals surface area contributed by atoms with Gasteiger partial charge in [0.2, 0.25) is 5.91 Å². The highest BCUT2D eigenvalue weighted by Crippen LogP contribution is 2.32. The van der Waals surface area contributed by atoms with Gasteiger partial charge in [0.25, 0.3) is 0 Å². The van der Waals surface area contributed by atoms with Crippen LogP contribution in [-0.2, 0) is 4.79 Å². The summed E-state index contributed by atoms with van der Waals surface area (Å²) >= 11 is 0. The van der Waals surface area contributed by atoms with E-state index < -0.39 is 0 Å². The standard InChI is InChI=1S/C14H19FN2O.ClH/c1-9-5-6-13(12(15)7-9)17-14(18)11-4-2-3-10(11)8-16;/h5-7,10-11H,2-4,8,16H2,1H3,(H,17,18);1H/t10-,11-;/m1./s1. The van der Waals surface area contributed by atoms with Gasteiger partial charge >= 0.3 is 0 Å². The fourth-order valence-electron chi connectivity index (χ4n) is 2.61. The number of nitrogens with one attached hydrogen (secondary N) is 1. The number of nitrogens with two attached hydrogens (primary N) is 1. The minimum absolute atomic E-state index is 0. The van der Waals surface area contributed by atoms with Gasteiger partial charge in [0.1, 0.15) is 5.82 Å². The summed E-state index contributed by atoms with van der Waals surface area (Å²) in [5.41, 5.74) is 6.75. The van der Waals surface area contributed by atoms with Crippen molar-refractivity contribution in [1.29, 1.82) is 0 Å². The van der Waals surface area contributed by atoms with Gasteiger partial charge < -0.3 is 11.1 Å². The molecule has 0 aromatic heterocycles. The Hall–Kier alpha value is -1.13. The summed E-state index contributed by atoms with van der Waals surface area (Å²) in [5.74, 6) is -0.328. The van der Waals surface area contributed by atoms with Crippen LogP contribution in [-0.4, -0.2) is 12.5 Å². The third kappa shape index (κ3) is 3.67. The second-order valence-electron chi connectivity index (χ2n) is 5.01. The maximum Gasteiger partial charge on any atom is 0.227 e. The number of rotatable bonds is 3. The highest BCUT2D eigenvalue weighted by Gasteiger charge is 2.32. The van der Waals surface area contributed by atoms with Gasteiger partial charge in [-0.1, -0.05) is 12.5 Å². The molecule has 1 aromatic rings. The third-order valence-electron chi connectivity index (χ3n) is 3.68. The molecule has 0 bridgehead atoms. The van der Waals surface area contributed by atoms with Crippen molar-refractivity contribution >= 4 is 24.0 Å². The molecular formula is C14H20ClFN2O. The lowest BCUT2D eigenvalue weighted by molar-refractivity contribution is -0.120. The van der Waals surface area contributed by atoms with Gasteiger partial charge in [0.05, 0.1) is 5.69 Å². The quantitative estimate of drug-likeness (QED) is 0.898. The van der Waals surface area contributed by atoms with Crippen LogP contribution in [0.5, 0.6) is 0 Å². The van der Waals surface area contributed by atoms with E-state index in [0.717, 1.165) is 24.8 Å². The first kappa shape index (κ1) is 15.9. The first-order chi connectivity index (χ1) is 8.61. The summed E-state index contributed by atoms with van der Waals surface area (Å²) < 4.78 is 13.6. The van der Waals surface area contributed by atoms with E-state index in [-0.39, 0.29) is 41.7 Å². The van der Waals surface area contributed by atoms with Gasteiger partial charge in [-0.2, -0.15) is 0 Å². The van der Waals surface area contributed by atoms with Crippen LogP contribution in [0.2, 0.25) is 0 Å². The maximum absolute atomic E-state index is 13.6. The normalized spacial score (nSPS) is 21.8. The Kier molecular flexibility index (Phi) is 5.76. The molecule has 1 saturated carbocycles. The number of anilines is 1. The molecule has 3 N–H and O–H groups in total. The average molecular weight is 287 g/mol. The highest BCUT2D eigenvalue weighted by atomic mass is 35.5. The minimum atomic E-state index is -0.384. The lowest BCUT2D eigenvalue weighted by atomic mass is 9.95. The molecule has 1 fully saturated rings. The van der Waals surface area contributed by atoms with Crippen molar-refractivity contribution in [1.82, 2.24) is 0 Å².